The fourth-order valence-electron chi connectivity index (χ4n) is 5.41. The van der Waals surface area contributed by atoms with Gasteiger partial charge in [-0.25, -0.2) is 13.8 Å². The van der Waals surface area contributed by atoms with Crippen LogP contribution in [0.3, 0.4) is 0 Å². The largest absolute Gasteiger partial charge is 0.361 e. The van der Waals surface area contributed by atoms with Gasteiger partial charge in [0.05, 0.1) is 35.6 Å². The lowest BCUT2D eigenvalue weighted by atomic mass is 9.86. The predicted molar refractivity (Wildman–Crippen MR) is 128 cm³/mol. The number of imidazole rings is 1. The Morgan fingerprint density at radius 2 is 1.86 bits per heavy atom. The first-order valence-corrected chi connectivity index (χ1v) is 12.1. The summed E-state index contributed by atoms with van der Waals surface area (Å²) in [6.07, 6.45) is 1.77. The van der Waals surface area contributed by atoms with Crippen LogP contribution in [-0.2, 0) is 4.74 Å². The average molecular weight is 505 g/mol. The van der Waals surface area contributed by atoms with Gasteiger partial charge in [-0.2, -0.15) is 8.78 Å². The van der Waals surface area contributed by atoms with Crippen LogP contribution < -0.4 is 0 Å². The summed E-state index contributed by atoms with van der Waals surface area (Å²) < 4.78 is 65.4. The lowest BCUT2D eigenvalue weighted by molar-refractivity contribution is -0.135. The van der Waals surface area contributed by atoms with Crippen molar-refractivity contribution in [3.8, 4) is 11.1 Å². The first-order chi connectivity index (χ1) is 17.1. The maximum absolute atomic E-state index is 13.9. The third kappa shape index (κ3) is 4.36. The highest BCUT2D eigenvalue weighted by molar-refractivity contribution is 6.04. The zero-order valence-electron chi connectivity index (χ0n) is 20.6. The lowest BCUT2D eigenvalue weighted by Gasteiger charge is -2.29. The molecule has 192 valence electrons. The van der Waals surface area contributed by atoms with Gasteiger partial charge in [-0.3, -0.25) is 4.98 Å². The van der Waals surface area contributed by atoms with Crippen molar-refractivity contribution in [1.29, 1.82) is 0 Å². The molecule has 10 heteroatoms. The van der Waals surface area contributed by atoms with Crippen LogP contribution in [0.4, 0.5) is 17.6 Å². The Bertz CT molecular complexity index is 1400. The van der Waals surface area contributed by atoms with E-state index in [2.05, 4.69) is 14.9 Å². The van der Waals surface area contributed by atoms with E-state index in [0.29, 0.717) is 22.6 Å². The second kappa shape index (κ2) is 9.14. The van der Waals surface area contributed by atoms with Crippen LogP contribution in [-0.4, -0.2) is 38.8 Å². The molecule has 0 unspecified atom stereocenters. The Hall–Kier alpha value is -3.01. The van der Waals surface area contributed by atoms with E-state index in [4.69, 9.17) is 9.51 Å². The van der Waals surface area contributed by atoms with E-state index in [9.17, 15) is 17.6 Å². The number of hydrogen-bond acceptors (Lipinski definition) is 5. The van der Waals surface area contributed by atoms with E-state index in [1.54, 1.807) is 13.1 Å². The Balaban J connectivity index is 1.69. The van der Waals surface area contributed by atoms with Crippen molar-refractivity contribution >= 4 is 21.9 Å². The topological polar surface area (TPSA) is 66.0 Å². The van der Waals surface area contributed by atoms with Gasteiger partial charge in [0, 0.05) is 29.7 Å². The number of aromatic nitrogens is 4. The monoisotopic (exact) mass is 504 g/mol. The molecular weight excluding hydrogens is 476 g/mol. The molecule has 0 aliphatic heterocycles. The van der Waals surface area contributed by atoms with Crippen molar-refractivity contribution in [2.45, 2.75) is 77.9 Å². The molecule has 1 aliphatic rings. The van der Waals surface area contributed by atoms with Gasteiger partial charge in [-0.15, -0.1) is 0 Å². The van der Waals surface area contributed by atoms with Gasteiger partial charge in [0.1, 0.15) is 17.1 Å². The van der Waals surface area contributed by atoms with E-state index in [-0.39, 0.29) is 38.2 Å². The standard InChI is InChI=1S/C26H28F4N4O2/c1-13-9-19-20(10-18(13)22-15(3)33-36-16(22)4)31-11-21-23(19)34(14(2)12-35-25(27)28)24(32-21)17-5-7-26(29,30)8-6-17/h9-11,14,17,25H,5-8,12H2,1-4H3/t14-/m0/s1. The van der Waals surface area contributed by atoms with E-state index in [1.165, 1.54) is 0 Å². The van der Waals surface area contributed by atoms with Crippen LogP contribution in [0, 0.1) is 20.8 Å². The van der Waals surface area contributed by atoms with Gasteiger partial charge in [0.2, 0.25) is 5.92 Å². The number of rotatable bonds is 6. The third-order valence-electron chi connectivity index (χ3n) is 7.18. The summed E-state index contributed by atoms with van der Waals surface area (Å²) in [6.45, 7) is 4.35. The maximum atomic E-state index is 13.9. The van der Waals surface area contributed by atoms with Crippen molar-refractivity contribution in [2.24, 2.45) is 0 Å². The van der Waals surface area contributed by atoms with Crippen molar-refractivity contribution < 1.29 is 26.8 Å². The molecule has 36 heavy (non-hydrogen) atoms. The number of nitrogens with zero attached hydrogens (tertiary/aromatic N) is 4. The van der Waals surface area contributed by atoms with E-state index in [0.717, 1.165) is 33.3 Å². The zero-order valence-corrected chi connectivity index (χ0v) is 20.6. The van der Waals surface area contributed by atoms with Crippen molar-refractivity contribution in [3.05, 3.63) is 41.2 Å². The Morgan fingerprint density at radius 1 is 1.14 bits per heavy atom. The first-order valence-electron chi connectivity index (χ1n) is 12.1. The molecule has 1 atom stereocenters. The molecule has 0 saturated heterocycles. The van der Waals surface area contributed by atoms with Gasteiger partial charge < -0.3 is 13.8 Å². The van der Waals surface area contributed by atoms with Crippen molar-refractivity contribution in [3.63, 3.8) is 0 Å². The van der Waals surface area contributed by atoms with Gasteiger partial charge in [0.15, 0.2) is 0 Å². The van der Waals surface area contributed by atoms with Crippen LogP contribution in [0.25, 0.3) is 33.1 Å². The van der Waals surface area contributed by atoms with Gasteiger partial charge in [-0.1, -0.05) is 5.16 Å². The van der Waals surface area contributed by atoms with Gasteiger partial charge in [-0.05, 0) is 63.8 Å². The number of ether oxygens (including phenoxy) is 1. The first kappa shape index (κ1) is 24.7. The smallest absolute Gasteiger partial charge is 0.345 e. The van der Waals surface area contributed by atoms with Gasteiger partial charge in [0.25, 0.3) is 0 Å². The normalized spacial score (nSPS) is 17.5. The summed E-state index contributed by atoms with van der Waals surface area (Å²) >= 11 is 0. The molecule has 1 saturated carbocycles. The van der Waals surface area contributed by atoms with E-state index in [1.807, 2.05) is 37.5 Å². The van der Waals surface area contributed by atoms with Gasteiger partial charge >= 0.3 is 6.61 Å². The summed E-state index contributed by atoms with van der Waals surface area (Å²) in [7, 11) is 0. The Morgan fingerprint density at radius 3 is 2.50 bits per heavy atom. The third-order valence-corrected chi connectivity index (χ3v) is 7.18. The highest BCUT2D eigenvalue weighted by Gasteiger charge is 2.37. The zero-order chi connectivity index (χ0) is 25.8. The highest BCUT2D eigenvalue weighted by Crippen LogP contribution is 2.43. The number of aryl methyl sites for hydroxylation is 3. The quantitative estimate of drug-likeness (QED) is 0.259. The van der Waals surface area contributed by atoms with E-state index < -0.39 is 18.6 Å². The second-order valence-electron chi connectivity index (χ2n) is 9.79. The number of fused-ring (bicyclic) bond motifs is 3. The molecule has 1 fully saturated rings. The molecule has 0 spiro atoms. The number of hydrogen-bond donors (Lipinski definition) is 0. The molecule has 0 amide bonds. The molecule has 1 aliphatic carbocycles. The van der Waals surface area contributed by atoms with Crippen LogP contribution in [0.15, 0.2) is 22.9 Å². The van der Waals surface area contributed by atoms with Crippen molar-refractivity contribution in [2.75, 3.05) is 6.61 Å². The number of halogens is 4. The predicted octanol–water partition coefficient (Wildman–Crippen LogP) is 7.26. The molecule has 3 aromatic heterocycles. The summed E-state index contributed by atoms with van der Waals surface area (Å²) in [5.74, 6) is -1.57. The maximum Gasteiger partial charge on any atom is 0.345 e. The fraction of sp³-hybridized carbons (Fsp3) is 0.500. The lowest BCUT2D eigenvalue weighted by Crippen LogP contribution is -2.26. The number of alkyl halides is 4. The molecule has 0 N–H and O–H groups in total. The second-order valence-corrected chi connectivity index (χ2v) is 9.79. The minimum absolute atomic E-state index is 0.205. The molecular formula is C26H28F4N4O2. The fourth-order valence-corrected chi connectivity index (χ4v) is 5.41. The number of benzene rings is 1. The van der Waals surface area contributed by atoms with Crippen molar-refractivity contribution in [1.82, 2.24) is 19.7 Å². The molecule has 5 rings (SSSR count). The molecule has 6 nitrogen and oxygen atoms in total. The van der Waals surface area contributed by atoms with E-state index >= 15 is 0 Å². The Labute approximate surface area is 205 Å². The summed E-state index contributed by atoms with van der Waals surface area (Å²) in [4.78, 5) is 9.44. The molecule has 0 radical (unpaired) electrons. The molecule has 3 heterocycles. The SMILES string of the molecule is Cc1cc2c(cc1-c1c(C)noc1C)ncc1nc(C3CCC(F)(F)CC3)n([C@@H](C)COC(F)F)c12. The average Bonchev–Trinajstić information content (AvgIpc) is 3.37. The van der Waals surface area contributed by atoms with Crippen LogP contribution in [0.5, 0.6) is 0 Å². The minimum Gasteiger partial charge on any atom is -0.361 e. The van der Waals surface area contributed by atoms with Crippen LogP contribution in [0.1, 0.15) is 67.4 Å². The minimum atomic E-state index is -2.91. The highest BCUT2D eigenvalue weighted by atomic mass is 19.3. The molecule has 1 aromatic carbocycles. The Kier molecular flexibility index (Phi) is 6.26. The number of pyridine rings is 1. The summed E-state index contributed by atoms with van der Waals surface area (Å²) in [6, 6.07) is 3.48. The molecule has 0 bridgehead atoms. The summed E-state index contributed by atoms with van der Waals surface area (Å²) in [5.41, 5.74) is 5.64. The van der Waals surface area contributed by atoms with Crippen LogP contribution in [0.2, 0.25) is 0 Å². The molecule has 4 aromatic rings. The van der Waals surface area contributed by atoms with Crippen LogP contribution >= 0.6 is 0 Å². The summed E-state index contributed by atoms with van der Waals surface area (Å²) in [5, 5.41) is 4.87.